The van der Waals surface area contributed by atoms with Crippen molar-refractivity contribution >= 4 is 17.3 Å². The van der Waals surface area contributed by atoms with Gasteiger partial charge in [-0.3, -0.25) is 4.79 Å². The number of carbonyl (C=O) groups is 1. The van der Waals surface area contributed by atoms with E-state index in [0.29, 0.717) is 18.0 Å². The molecule has 1 atom stereocenters. The van der Waals surface area contributed by atoms with Crippen LogP contribution in [0.15, 0.2) is 22.8 Å². The molecule has 0 bridgehead atoms. The standard InChI is InChI=1S/C7H8N2O2S/c10-6-4-5-2-1-3-8-7(5)12(11)9-6/h1-2,8H,3-4H2,(H,9,10). The highest BCUT2D eigenvalue weighted by atomic mass is 32.2. The van der Waals surface area contributed by atoms with Gasteiger partial charge in [0.15, 0.2) is 0 Å². The number of nitrogens with one attached hydrogen (secondary N) is 2. The van der Waals surface area contributed by atoms with E-state index in [2.05, 4.69) is 10.0 Å². The van der Waals surface area contributed by atoms with Crippen molar-refractivity contribution in [2.75, 3.05) is 6.54 Å². The number of allylic oxidation sites excluding steroid dienone is 1. The molecule has 0 radical (unpaired) electrons. The zero-order valence-corrected chi connectivity index (χ0v) is 7.11. The third-order valence-electron chi connectivity index (χ3n) is 1.73. The van der Waals surface area contributed by atoms with E-state index in [9.17, 15) is 9.35 Å². The lowest BCUT2D eigenvalue weighted by atomic mass is 10.1. The van der Waals surface area contributed by atoms with Crippen LogP contribution in [-0.4, -0.2) is 17.0 Å². The van der Waals surface area contributed by atoms with Crippen LogP contribution in [0.3, 0.4) is 0 Å². The fraction of sp³-hybridized carbons (Fsp3) is 0.286. The highest BCUT2D eigenvalue weighted by Crippen LogP contribution is 2.20. The minimum Gasteiger partial charge on any atom is -0.587 e. The maximum atomic E-state index is 11.3. The number of dihydropyridines is 1. The van der Waals surface area contributed by atoms with Crippen LogP contribution in [0.2, 0.25) is 0 Å². The van der Waals surface area contributed by atoms with Gasteiger partial charge < -0.3 is 9.87 Å². The third-order valence-corrected chi connectivity index (χ3v) is 2.92. The van der Waals surface area contributed by atoms with Crippen LogP contribution in [0.1, 0.15) is 6.42 Å². The minimum absolute atomic E-state index is 0.180. The summed E-state index contributed by atoms with van der Waals surface area (Å²) in [5.41, 5.74) is 0.836. The van der Waals surface area contributed by atoms with E-state index in [1.165, 1.54) is 0 Å². The van der Waals surface area contributed by atoms with E-state index in [0.717, 1.165) is 5.57 Å². The van der Waals surface area contributed by atoms with Crippen LogP contribution in [0.4, 0.5) is 0 Å². The van der Waals surface area contributed by atoms with E-state index in [-0.39, 0.29) is 5.91 Å². The molecule has 1 unspecified atom stereocenters. The maximum absolute atomic E-state index is 11.3. The van der Waals surface area contributed by atoms with Crippen molar-refractivity contribution in [1.82, 2.24) is 10.0 Å². The quantitative estimate of drug-likeness (QED) is 0.501. The Bertz CT molecular complexity index is 285. The monoisotopic (exact) mass is 184 g/mol. The van der Waals surface area contributed by atoms with E-state index in [1.54, 1.807) is 0 Å². The summed E-state index contributed by atoms with van der Waals surface area (Å²) in [4.78, 5) is 10.9. The van der Waals surface area contributed by atoms with Crippen LogP contribution < -0.4 is 10.0 Å². The van der Waals surface area contributed by atoms with Crippen molar-refractivity contribution < 1.29 is 9.35 Å². The summed E-state index contributed by atoms with van der Waals surface area (Å²) in [5.74, 6) is -0.180. The average Bonchev–Trinajstić information content (AvgIpc) is 2.04. The molecule has 2 N–H and O–H groups in total. The Kier molecular flexibility index (Phi) is 1.82. The molecule has 64 valence electrons. The zero-order chi connectivity index (χ0) is 8.55. The normalized spacial score (nSPS) is 27.8. The van der Waals surface area contributed by atoms with Gasteiger partial charge in [-0.2, -0.15) is 4.72 Å². The highest BCUT2D eigenvalue weighted by molar-refractivity contribution is 7.94. The summed E-state index contributed by atoms with van der Waals surface area (Å²) in [6.45, 7) is 0.681. The molecule has 0 fully saturated rings. The molecule has 1 amide bonds. The Morgan fingerprint density at radius 3 is 3.25 bits per heavy atom. The second kappa shape index (κ2) is 2.84. The SMILES string of the molecule is O=C1CC2=C(NCC=C2)[S+]([O-])N1. The van der Waals surface area contributed by atoms with Gasteiger partial charge in [-0.15, -0.1) is 0 Å². The third kappa shape index (κ3) is 1.21. The molecule has 0 saturated carbocycles. The van der Waals surface area contributed by atoms with Gasteiger partial charge in [-0.05, 0) is 0 Å². The van der Waals surface area contributed by atoms with Crippen molar-refractivity contribution in [2.24, 2.45) is 0 Å². The van der Waals surface area contributed by atoms with Crippen molar-refractivity contribution in [2.45, 2.75) is 6.42 Å². The molecular weight excluding hydrogens is 176 g/mol. The van der Waals surface area contributed by atoms with Gasteiger partial charge in [0.25, 0.3) is 5.91 Å². The Balaban J connectivity index is 2.33. The van der Waals surface area contributed by atoms with E-state index < -0.39 is 11.4 Å². The molecule has 2 heterocycles. The first-order valence-electron chi connectivity index (χ1n) is 3.62. The molecule has 2 aliphatic heterocycles. The summed E-state index contributed by atoms with van der Waals surface area (Å²) in [7, 11) is 0. The molecule has 2 rings (SSSR count). The van der Waals surface area contributed by atoms with Crippen molar-refractivity contribution in [3.63, 3.8) is 0 Å². The lowest BCUT2D eigenvalue weighted by Gasteiger charge is -2.22. The second-order valence-electron chi connectivity index (χ2n) is 2.61. The van der Waals surface area contributed by atoms with E-state index in [4.69, 9.17) is 0 Å². The fourth-order valence-corrected chi connectivity index (χ4v) is 2.20. The van der Waals surface area contributed by atoms with Gasteiger partial charge in [-0.25, -0.2) is 0 Å². The smallest absolute Gasteiger partial charge is 0.266 e. The predicted molar refractivity (Wildman–Crippen MR) is 45.1 cm³/mol. The van der Waals surface area contributed by atoms with Crippen molar-refractivity contribution in [3.8, 4) is 0 Å². The molecule has 0 aromatic heterocycles. The van der Waals surface area contributed by atoms with Crippen molar-refractivity contribution in [1.29, 1.82) is 0 Å². The van der Waals surface area contributed by atoms with Crippen LogP contribution in [-0.2, 0) is 16.2 Å². The fourth-order valence-electron chi connectivity index (χ4n) is 1.23. The zero-order valence-electron chi connectivity index (χ0n) is 6.29. The van der Waals surface area contributed by atoms with Crippen LogP contribution in [0.25, 0.3) is 0 Å². The number of hydrogen-bond donors (Lipinski definition) is 2. The molecule has 4 nitrogen and oxygen atoms in total. The van der Waals surface area contributed by atoms with Crippen LogP contribution in [0.5, 0.6) is 0 Å². The van der Waals surface area contributed by atoms with Gasteiger partial charge in [0.1, 0.15) is 11.4 Å². The van der Waals surface area contributed by atoms with E-state index in [1.807, 2.05) is 12.2 Å². The summed E-state index contributed by atoms with van der Waals surface area (Å²) in [6.07, 6.45) is 4.08. The Hall–Kier alpha value is -0.940. The molecule has 2 aliphatic rings. The topological polar surface area (TPSA) is 64.2 Å². The first kappa shape index (κ1) is 7.70. The number of carbonyl (C=O) groups excluding carboxylic acids is 1. The summed E-state index contributed by atoms with van der Waals surface area (Å²) in [6, 6.07) is 0. The molecule has 0 spiro atoms. The number of amides is 1. The van der Waals surface area contributed by atoms with Crippen LogP contribution in [0, 0.1) is 0 Å². The highest BCUT2D eigenvalue weighted by Gasteiger charge is 2.29. The van der Waals surface area contributed by atoms with Crippen molar-refractivity contribution in [3.05, 3.63) is 22.8 Å². The summed E-state index contributed by atoms with van der Waals surface area (Å²) in [5, 5.41) is 3.62. The van der Waals surface area contributed by atoms with Gasteiger partial charge in [-0.1, -0.05) is 12.2 Å². The molecule has 0 aliphatic carbocycles. The van der Waals surface area contributed by atoms with Crippen LogP contribution >= 0.6 is 0 Å². The largest absolute Gasteiger partial charge is 0.587 e. The van der Waals surface area contributed by atoms with Gasteiger partial charge >= 0.3 is 0 Å². The molecule has 5 heteroatoms. The Labute approximate surface area is 73.0 Å². The molecule has 0 aromatic rings. The first-order chi connectivity index (χ1) is 5.77. The van der Waals surface area contributed by atoms with E-state index >= 15 is 0 Å². The Morgan fingerprint density at radius 2 is 2.42 bits per heavy atom. The Morgan fingerprint density at radius 1 is 1.58 bits per heavy atom. The molecule has 12 heavy (non-hydrogen) atoms. The average molecular weight is 184 g/mol. The molecule has 0 saturated heterocycles. The lowest BCUT2D eigenvalue weighted by molar-refractivity contribution is -0.118. The second-order valence-corrected chi connectivity index (χ2v) is 3.76. The van der Waals surface area contributed by atoms with Gasteiger partial charge in [0.2, 0.25) is 5.03 Å². The molecular formula is C7H8N2O2S. The molecule has 0 aromatic carbocycles. The van der Waals surface area contributed by atoms with Gasteiger partial charge in [0, 0.05) is 12.1 Å². The number of hydrogen-bond acceptors (Lipinski definition) is 3. The summed E-state index contributed by atoms with van der Waals surface area (Å²) >= 11 is -1.37. The van der Waals surface area contributed by atoms with Gasteiger partial charge in [0.05, 0.1) is 6.42 Å². The minimum atomic E-state index is -1.37. The first-order valence-corrected chi connectivity index (χ1v) is 4.77. The number of rotatable bonds is 0. The maximum Gasteiger partial charge on any atom is 0.266 e. The summed E-state index contributed by atoms with van der Waals surface area (Å²) < 4.78 is 13.6. The predicted octanol–water partition coefficient (Wildman–Crippen LogP) is -0.459. The lowest BCUT2D eigenvalue weighted by Crippen LogP contribution is -2.41.